The monoisotopic (exact) mass is 352 g/mol. The van der Waals surface area contributed by atoms with E-state index < -0.39 is 11.4 Å². The van der Waals surface area contributed by atoms with Crippen LogP contribution in [0.5, 0.6) is 0 Å². The second kappa shape index (κ2) is 7.43. The highest BCUT2D eigenvalue weighted by atomic mass is 16.5. The molecule has 7 nitrogen and oxygen atoms in total. The number of hydrogen-bond donors (Lipinski definition) is 0. The van der Waals surface area contributed by atoms with E-state index in [4.69, 9.17) is 4.74 Å². The molecule has 134 valence electrons. The molecular formula is C19H20N4O3. The lowest BCUT2D eigenvalue weighted by Gasteiger charge is -2.11. The molecule has 0 aliphatic heterocycles. The number of carbonyl (C=O) groups is 1. The molecule has 26 heavy (non-hydrogen) atoms. The Kier molecular flexibility index (Phi) is 5.06. The number of carbonyl (C=O) groups excluding carboxylic acids is 1. The van der Waals surface area contributed by atoms with E-state index in [2.05, 4.69) is 15.0 Å². The van der Waals surface area contributed by atoms with Gasteiger partial charge in [0, 0.05) is 36.4 Å². The van der Waals surface area contributed by atoms with Gasteiger partial charge in [0.15, 0.2) is 5.82 Å². The van der Waals surface area contributed by atoms with Crippen LogP contribution in [-0.4, -0.2) is 32.1 Å². The van der Waals surface area contributed by atoms with Crippen molar-refractivity contribution in [3.8, 4) is 11.4 Å². The zero-order chi connectivity index (χ0) is 18.7. The largest absolute Gasteiger partial charge is 0.462 e. The van der Waals surface area contributed by atoms with Crippen LogP contribution in [0.2, 0.25) is 0 Å². The van der Waals surface area contributed by atoms with Gasteiger partial charge in [-0.25, -0.2) is 14.8 Å². The minimum absolute atomic E-state index is 0.00488. The van der Waals surface area contributed by atoms with Gasteiger partial charge in [0.2, 0.25) is 5.43 Å². The van der Waals surface area contributed by atoms with Crippen LogP contribution in [0.4, 0.5) is 0 Å². The molecule has 0 aliphatic rings. The molecule has 3 aromatic heterocycles. The van der Waals surface area contributed by atoms with E-state index in [1.807, 2.05) is 26.0 Å². The van der Waals surface area contributed by atoms with Crippen molar-refractivity contribution in [2.75, 3.05) is 6.61 Å². The summed E-state index contributed by atoms with van der Waals surface area (Å²) in [5.74, 6) is -0.118. The molecule has 0 bridgehead atoms. The normalized spacial score (nSPS) is 10.9. The first-order valence-electron chi connectivity index (χ1n) is 8.61. The fourth-order valence-corrected chi connectivity index (χ4v) is 2.72. The van der Waals surface area contributed by atoms with E-state index in [-0.39, 0.29) is 12.2 Å². The lowest BCUT2D eigenvalue weighted by Crippen LogP contribution is -2.21. The van der Waals surface area contributed by atoms with E-state index in [0.717, 1.165) is 17.7 Å². The minimum Gasteiger partial charge on any atom is -0.462 e. The average molecular weight is 352 g/mol. The Morgan fingerprint density at radius 1 is 1.23 bits per heavy atom. The van der Waals surface area contributed by atoms with Gasteiger partial charge in [-0.3, -0.25) is 9.78 Å². The van der Waals surface area contributed by atoms with Gasteiger partial charge in [-0.2, -0.15) is 0 Å². The summed E-state index contributed by atoms with van der Waals surface area (Å²) in [5, 5.41) is 0.297. The van der Waals surface area contributed by atoms with Crippen molar-refractivity contribution >= 4 is 17.0 Å². The number of nitrogens with zero attached hydrogens (tertiary/aromatic N) is 4. The molecule has 0 amide bonds. The highest BCUT2D eigenvalue weighted by Crippen LogP contribution is 2.18. The first kappa shape index (κ1) is 17.7. The van der Waals surface area contributed by atoms with Crippen LogP contribution >= 0.6 is 0 Å². The molecule has 0 saturated carbocycles. The molecule has 0 saturated heterocycles. The number of esters is 1. The number of rotatable bonds is 5. The molecule has 0 aliphatic carbocycles. The Hall–Kier alpha value is -3.09. The summed E-state index contributed by atoms with van der Waals surface area (Å²) in [6.45, 7) is 6.41. The molecular weight excluding hydrogens is 332 g/mol. The van der Waals surface area contributed by atoms with Gasteiger partial charge in [-0.15, -0.1) is 0 Å². The van der Waals surface area contributed by atoms with E-state index in [1.165, 1.54) is 12.4 Å². The number of hydrogen-bond acceptors (Lipinski definition) is 6. The van der Waals surface area contributed by atoms with E-state index in [0.29, 0.717) is 23.4 Å². The molecule has 0 atom stereocenters. The molecule has 0 radical (unpaired) electrons. The third-order valence-electron chi connectivity index (χ3n) is 4.09. The van der Waals surface area contributed by atoms with Crippen molar-refractivity contribution in [3.05, 3.63) is 52.2 Å². The van der Waals surface area contributed by atoms with Crippen LogP contribution < -0.4 is 5.43 Å². The molecule has 3 rings (SSSR count). The maximum absolute atomic E-state index is 12.7. The lowest BCUT2D eigenvalue weighted by molar-refractivity contribution is 0.0524. The highest BCUT2D eigenvalue weighted by Gasteiger charge is 2.18. The van der Waals surface area contributed by atoms with Crippen molar-refractivity contribution < 1.29 is 9.53 Å². The third kappa shape index (κ3) is 3.20. The number of ether oxygens (including phenoxy) is 1. The fourth-order valence-electron chi connectivity index (χ4n) is 2.72. The van der Waals surface area contributed by atoms with Crippen LogP contribution in [0.25, 0.3) is 22.4 Å². The van der Waals surface area contributed by atoms with Crippen LogP contribution in [0.3, 0.4) is 0 Å². The van der Waals surface area contributed by atoms with Crippen molar-refractivity contribution in [2.45, 2.75) is 33.7 Å². The summed E-state index contributed by atoms with van der Waals surface area (Å²) in [7, 11) is 0. The predicted molar refractivity (Wildman–Crippen MR) is 98.0 cm³/mol. The van der Waals surface area contributed by atoms with E-state index in [1.54, 1.807) is 17.7 Å². The maximum Gasteiger partial charge on any atom is 0.343 e. The van der Waals surface area contributed by atoms with Gasteiger partial charge >= 0.3 is 5.97 Å². The van der Waals surface area contributed by atoms with Crippen LogP contribution in [0.15, 0.2) is 35.5 Å². The van der Waals surface area contributed by atoms with Gasteiger partial charge < -0.3 is 9.30 Å². The molecule has 3 heterocycles. The summed E-state index contributed by atoms with van der Waals surface area (Å²) >= 11 is 0. The van der Waals surface area contributed by atoms with Gasteiger partial charge in [0.25, 0.3) is 0 Å². The number of aromatic nitrogens is 4. The zero-order valence-corrected chi connectivity index (χ0v) is 15.0. The smallest absolute Gasteiger partial charge is 0.343 e. The molecule has 0 N–H and O–H groups in total. The summed E-state index contributed by atoms with van der Waals surface area (Å²) in [6, 6.07) is 3.77. The molecule has 0 fully saturated rings. The van der Waals surface area contributed by atoms with Gasteiger partial charge in [-0.05, 0) is 32.4 Å². The van der Waals surface area contributed by atoms with Gasteiger partial charge in [-0.1, -0.05) is 6.92 Å². The number of aryl methyl sites for hydroxylation is 2. The summed E-state index contributed by atoms with van der Waals surface area (Å²) < 4.78 is 6.74. The summed E-state index contributed by atoms with van der Waals surface area (Å²) in [4.78, 5) is 37.9. The van der Waals surface area contributed by atoms with Crippen molar-refractivity contribution in [1.29, 1.82) is 0 Å². The highest BCUT2D eigenvalue weighted by molar-refractivity contribution is 5.93. The Bertz CT molecular complexity index is 1030. The third-order valence-corrected chi connectivity index (χ3v) is 4.09. The number of pyridine rings is 2. The standard InChI is InChI=1S/C19H20N4O3/c1-4-13-9-12(7-8-20-13)17-21-10-14-16(24)15(19(25)26-6-3)11-23(5-2)18(14)22-17/h7-11H,4-6H2,1-3H3. The average Bonchev–Trinajstić information content (AvgIpc) is 2.68. The van der Waals surface area contributed by atoms with Gasteiger partial charge in [0.1, 0.15) is 11.2 Å². The lowest BCUT2D eigenvalue weighted by atomic mass is 10.1. The molecule has 7 heteroatoms. The summed E-state index contributed by atoms with van der Waals surface area (Å²) in [5.41, 5.74) is 1.85. The topological polar surface area (TPSA) is 87.0 Å². The summed E-state index contributed by atoms with van der Waals surface area (Å²) in [6.07, 6.45) is 5.51. The molecule has 0 aromatic carbocycles. The molecule has 0 spiro atoms. The zero-order valence-electron chi connectivity index (χ0n) is 15.0. The van der Waals surface area contributed by atoms with Crippen LogP contribution in [-0.2, 0) is 17.7 Å². The van der Waals surface area contributed by atoms with Crippen LogP contribution in [0, 0.1) is 0 Å². The Balaban J connectivity index is 2.19. The Labute approximate surface area is 150 Å². The molecule has 0 unspecified atom stereocenters. The Morgan fingerprint density at radius 2 is 2.04 bits per heavy atom. The Morgan fingerprint density at radius 3 is 2.73 bits per heavy atom. The van der Waals surface area contributed by atoms with Crippen LogP contribution in [0.1, 0.15) is 36.8 Å². The minimum atomic E-state index is -0.632. The van der Waals surface area contributed by atoms with Crippen molar-refractivity contribution in [3.63, 3.8) is 0 Å². The quantitative estimate of drug-likeness (QED) is 0.656. The van der Waals surface area contributed by atoms with E-state index >= 15 is 0 Å². The number of fused-ring (bicyclic) bond motifs is 1. The van der Waals surface area contributed by atoms with Crippen molar-refractivity contribution in [1.82, 2.24) is 19.5 Å². The maximum atomic E-state index is 12.7. The first-order chi connectivity index (χ1) is 12.6. The fraction of sp³-hybridized carbons (Fsp3) is 0.316. The molecule has 3 aromatic rings. The van der Waals surface area contributed by atoms with E-state index in [9.17, 15) is 9.59 Å². The van der Waals surface area contributed by atoms with Gasteiger partial charge in [0.05, 0.1) is 12.0 Å². The van der Waals surface area contributed by atoms with Crippen molar-refractivity contribution in [2.24, 2.45) is 0 Å². The SMILES string of the molecule is CCOC(=O)c1cn(CC)c2nc(-c3ccnc(CC)c3)ncc2c1=O. The second-order valence-corrected chi connectivity index (χ2v) is 5.70. The first-order valence-corrected chi connectivity index (χ1v) is 8.61. The predicted octanol–water partition coefficient (Wildman–Crippen LogP) is 2.61. The second-order valence-electron chi connectivity index (χ2n) is 5.70.